The van der Waals surface area contributed by atoms with E-state index in [2.05, 4.69) is 32.2 Å². The number of hydrogen-bond acceptors (Lipinski definition) is 3. The van der Waals surface area contributed by atoms with Crippen LogP contribution in [0, 0.1) is 11.3 Å². The van der Waals surface area contributed by atoms with Gasteiger partial charge in [0.1, 0.15) is 5.82 Å². The smallest absolute Gasteiger partial charge is 0.133 e. The van der Waals surface area contributed by atoms with Gasteiger partial charge in [0, 0.05) is 17.5 Å². The summed E-state index contributed by atoms with van der Waals surface area (Å²) in [6, 6.07) is 9.78. The number of benzene rings is 1. The Morgan fingerprint density at radius 2 is 1.91 bits per heavy atom. The summed E-state index contributed by atoms with van der Waals surface area (Å²) in [5, 5.41) is 17.4. The first kappa shape index (κ1) is 14.6. The Labute approximate surface area is 131 Å². The first-order chi connectivity index (χ1) is 10.5. The molecule has 0 bridgehead atoms. The Hall–Kier alpha value is -2.28. The van der Waals surface area contributed by atoms with Gasteiger partial charge in [-0.05, 0) is 43.5 Å². The molecule has 114 valence electrons. The Bertz CT molecular complexity index is 711. The molecular formula is C18H22N4. The molecule has 1 aliphatic heterocycles. The fraction of sp³-hybridized carbons (Fsp3) is 0.444. The van der Waals surface area contributed by atoms with Crippen molar-refractivity contribution in [3.8, 4) is 11.8 Å². The molecule has 22 heavy (non-hydrogen) atoms. The van der Waals surface area contributed by atoms with Crippen LogP contribution in [0.3, 0.4) is 0 Å². The number of aromatic nitrogens is 2. The predicted octanol–water partition coefficient (Wildman–Crippen LogP) is 3.79. The molecule has 4 heteroatoms. The van der Waals surface area contributed by atoms with Gasteiger partial charge in [0.25, 0.3) is 0 Å². The van der Waals surface area contributed by atoms with E-state index in [0.717, 1.165) is 24.5 Å². The van der Waals surface area contributed by atoms with E-state index in [-0.39, 0.29) is 5.41 Å². The number of rotatable bonds is 1. The van der Waals surface area contributed by atoms with Crippen molar-refractivity contribution in [1.82, 2.24) is 9.78 Å². The monoisotopic (exact) mass is 294 g/mol. The van der Waals surface area contributed by atoms with E-state index in [1.165, 1.54) is 24.1 Å². The van der Waals surface area contributed by atoms with E-state index in [1.807, 2.05) is 28.9 Å². The lowest BCUT2D eigenvalue weighted by atomic mass is 9.88. The number of nitrogens with zero attached hydrogens (tertiary/aromatic N) is 3. The molecule has 2 heterocycles. The van der Waals surface area contributed by atoms with E-state index in [1.54, 1.807) is 0 Å². The van der Waals surface area contributed by atoms with Gasteiger partial charge in [0.05, 0.1) is 23.0 Å². The second-order valence-electron chi connectivity index (χ2n) is 6.88. The van der Waals surface area contributed by atoms with Crippen LogP contribution in [-0.2, 0) is 11.8 Å². The van der Waals surface area contributed by atoms with E-state index in [4.69, 9.17) is 10.4 Å². The second kappa shape index (κ2) is 5.49. The molecule has 0 aliphatic carbocycles. The highest BCUT2D eigenvalue weighted by Crippen LogP contribution is 2.34. The summed E-state index contributed by atoms with van der Waals surface area (Å²) >= 11 is 0. The highest BCUT2D eigenvalue weighted by molar-refractivity contribution is 5.56. The minimum absolute atomic E-state index is 0.0218. The molecule has 0 saturated heterocycles. The lowest BCUT2D eigenvalue weighted by molar-refractivity contribution is 0.552. The fourth-order valence-electron chi connectivity index (χ4n) is 2.97. The van der Waals surface area contributed by atoms with Gasteiger partial charge >= 0.3 is 0 Å². The first-order valence-corrected chi connectivity index (χ1v) is 7.87. The molecule has 0 spiro atoms. The van der Waals surface area contributed by atoms with Crippen LogP contribution < -0.4 is 5.32 Å². The van der Waals surface area contributed by atoms with Crippen LogP contribution in [0.2, 0.25) is 0 Å². The maximum absolute atomic E-state index is 8.95. The van der Waals surface area contributed by atoms with Crippen LogP contribution >= 0.6 is 0 Å². The van der Waals surface area contributed by atoms with Crippen molar-refractivity contribution in [3.05, 3.63) is 41.1 Å². The molecule has 4 nitrogen and oxygen atoms in total. The molecule has 0 fully saturated rings. The van der Waals surface area contributed by atoms with Crippen molar-refractivity contribution in [2.24, 2.45) is 0 Å². The molecule has 1 aromatic heterocycles. The molecular weight excluding hydrogens is 272 g/mol. The molecule has 0 unspecified atom stereocenters. The third-order valence-electron chi connectivity index (χ3n) is 4.08. The predicted molar refractivity (Wildman–Crippen MR) is 88.4 cm³/mol. The lowest BCUT2D eigenvalue weighted by Crippen LogP contribution is -2.15. The number of nitrogens with one attached hydrogen (secondary N) is 1. The van der Waals surface area contributed by atoms with E-state index in [0.29, 0.717) is 5.56 Å². The molecule has 2 aromatic rings. The Kier molecular flexibility index (Phi) is 3.66. The normalized spacial score (nSPS) is 14.6. The lowest BCUT2D eigenvalue weighted by Gasteiger charge is -2.17. The van der Waals surface area contributed by atoms with Crippen LogP contribution in [-0.4, -0.2) is 16.3 Å². The first-order valence-electron chi connectivity index (χ1n) is 7.87. The van der Waals surface area contributed by atoms with Crippen LogP contribution in [0.1, 0.15) is 50.4 Å². The Morgan fingerprint density at radius 1 is 1.18 bits per heavy atom. The summed E-state index contributed by atoms with van der Waals surface area (Å²) < 4.78 is 2.00. The molecule has 0 radical (unpaired) electrons. The van der Waals surface area contributed by atoms with Gasteiger partial charge in [-0.1, -0.05) is 20.8 Å². The van der Waals surface area contributed by atoms with Gasteiger partial charge in [0.2, 0.25) is 0 Å². The molecule has 0 saturated carbocycles. The highest BCUT2D eigenvalue weighted by atomic mass is 15.3. The van der Waals surface area contributed by atoms with Crippen LogP contribution in [0.4, 0.5) is 5.82 Å². The van der Waals surface area contributed by atoms with Gasteiger partial charge in [0.15, 0.2) is 0 Å². The topological polar surface area (TPSA) is 53.6 Å². The summed E-state index contributed by atoms with van der Waals surface area (Å²) in [7, 11) is 0. The van der Waals surface area contributed by atoms with Crippen LogP contribution in [0.15, 0.2) is 24.3 Å². The number of hydrogen-bond donors (Lipinski definition) is 1. The highest BCUT2D eigenvalue weighted by Gasteiger charge is 2.27. The van der Waals surface area contributed by atoms with Gasteiger partial charge < -0.3 is 5.32 Å². The SMILES string of the molecule is CC(C)(C)c1nn(-c2ccc(C#N)cc2)c2c1CCCCN2. The van der Waals surface area contributed by atoms with Crippen molar-refractivity contribution in [1.29, 1.82) is 5.26 Å². The summed E-state index contributed by atoms with van der Waals surface area (Å²) in [5.74, 6) is 1.12. The minimum atomic E-state index is 0.0218. The molecule has 1 aliphatic rings. The standard InChI is InChI=1S/C18H22N4/c1-18(2,3)16-15-6-4-5-11-20-17(15)22(21-16)14-9-7-13(12-19)8-10-14/h7-10,20H,4-6,11H2,1-3H3. The Balaban J connectivity index is 2.14. The third-order valence-corrected chi connectivity index (χ3v) is 4.08. The quantitative estimate of drug-likeness (QED) is 0.870. The van der Waals surface area contributed by atoms with E-state index < -0.39 is 0 Å². The Morgan fingerprint density at radius 3 is 2.55 bits per heavy atom. The summed E-state index contributed by atoms with van der Waals surface area (Å²) in [6.07, 6.45) is 3.46. The zero-order chi connectivity index (χ0) is 15.7. The number of fused-ring (bicyclic) bond motifs is 1. The summed E-state index contributed by atoms with van der Waals surface area (Å²) in [5.41, 5.74) is 4.20. The van der Waals surface area contributed by atoms with Crippen molar-refractivity contribution in [2.75, 3.05) is 11.9 Å². The number of anilines is 1. The molecule has 3 rings (SSSR count). The zero-order valence-corrected chi connectivity index (χ0v) is 13.5. The number of nitriles is 1. The maximum atomic E-state index is 8.95. The van der Waals surface area contributed by atoms with Crippen molar-refractivity contribution in [2.45, 2.75) is 45.4 Å². The van der Waals surface area contributed by atoms with Gasteiger partial charge in [-0.3, -0.25) is 0 Å². The molecule has 1 aromatic carbocycles. The van der Waals surface area contributed by atoms with E-state index in [9.17, 15) is 0 Å². The average molecular weight is 294 g/mol. The van der Waals surface area contributed by atoms with Gasteiger partial charge in [-0.25, -0.2) is 4.68 Å². The van der Waals surface area contributed by atoms with Gasteiger partial charge in [-0.2, -0.15) is 10.4 Å². The fourth-order valence-corrected chi connectivity index (χ4v) is 2.97. The minimum Gasteiger partial charge on any atom is -0.370 e. The summed E-state index contributed by atoms with van der Waals surface area (Å²) in [6.45, 7) is 7.62. The summed E-state index contributed by atoms with van der Waals surface area (Å²) in [4.78, 5) is 0. The van der Waals surface area contributed by atoms with Crippen molar-refractivity contribution in [3.63, 3.8) is 0 Å². The maximum Gasteiger partial charge on any atom is 0.133 e. The van der Waals surface area contributed by atoms with E-state index >= 15 is 0 Å². The van der Waals surface area contributed by atoms with Crippen LogP contribution in [0.5, 0.6) is 0 Å². The second-order valence-corrected chi connectivity index (χ2v) is 6.88. The average Bonchev–Trinajstić information content (AvgIpc) is 2.70. The molecule has 1 N–H and O–H groups in total. The molecule has 0 amide bonds. The van der Waals surface area contributed by atoms with Crippen LogP contribution in [0.25, 0.3) is 5.69 Å². The van der Waals surface area contributed by atoms with Gasteiger partial charge in [-0.15, -0.1) is 0 Å². The largest absolute Gasteiger partial charge is 0.370 e. The zero-order valence-electron chi connectivity index (χ0n) is 13.5. The molecule has 0 atom stereocenters. The van der Waals surface area contributed by atoms with Crippen molar-refractivity contribution < 1.29 is 0 Å². The third kappa shape index (κ3) is 2.59. The van der Waals surface area contributed by atoms with Crippen molar-refractivity contribution >= 4 is 5.82 Å².